The molecule has 0 amide bonds. The van der Waals surface area contributed by atoms with Crippen molar-refractivity contribution in [2.75, 3.05) is 6.61 Å². The van der Waals surface area contributed by atoms with Crippen molar-refractivity contribution in [1.29, 1.82) is 0 Å². The summed E-state index contributed by atoms with van der Waals surface area (Å²) in [5.41, 5.74) is -0.0802. The van der Waals surface area contributed by atoms with Crippen LogP contribution in [0.15, 0.2) is 24.3 Å². The highest BCUT2D eigenvalue weighted by Gasteiger charge is 2.30. The van der Waals surface area contributed by atoms with Crippen LogP contribution in [0.4, 0.5) is 13.2 Å². The predicted molar refractivity (Wildman–Crippen MR) is 47.8 cm³/mol. The Kier molecular flexibility index (Phi) is 3.57. The Morgan fingerprint density at radius 2 is 1.93 bits per heavy atom. The van der Waals surface area contributed by atoms with E-state index >= 15 is 0 Å². The molecule has 0 unspecified atom stereocenters. The number of hydrogen-bond donors (Lipinski definition) is 0. The molecule has 1 rings (SSSR count). The normalized spacial score (nSPS) is 11.2. The van der Waals surface area contributed by atoms with E-state index in [0.29, 0.717) is 0 Å². The summed E-state index contributed by atoms with van der Waals surface area (Å²) in [6.45, 7) is -1.61. The van der Waals surface area contributed by atoms with Gasteiger partial charge in [0.1, 0.15) is 0 Å². The molecule has 0 aliphatic rings. The highest BCUT2D eigenvalue weighted by atomic mass is 35.5. The molecule has 0 spiro atoms. The summed E-state index contributed by atoms with van der Waals surface area (Å²) >= 11 is 5.59. The van der Waals surface area contributed by atoms with E-state index in [0.717, 1.165) is 0 Å². The molecule has 0 saturated carbocycles. The van der Waals surface area contributed by atoms with Crippen LogP contribution in [0, 0.1) is 0 Å². The largest absolute Gasteiger partial charge is 0.452 e. The van der Waals surface area contributed by atoms with Crippen molar-refractivity contribution in [1.82, 2.24) is 0 Å². The zero-order chi connectivity index (χ0) is 11.5. The molecule has 82 valence electrons. The van der Waals surface area contributed by atoms with Gasteiger partial charge >= 0.3 is 12.1 Å². The van der Waals surface area contributed by atoms with Gasteiger partial charge < -0.3 is 4.74 Å². The fourth-order valence-corrected chi connectivity index (χ4v) is 1.06. The number of ether oxygens (including phenoxy) is 1. The first-order valence-electron chi connectivity index (χ1n) is 3.88. The van der Waals surface area contributed by atoms with Crippen LogP contribution in [0.25, 0.3) is 0 Å². The minimum Gasteiger partial charge on any atom is -0.452 e. The van der Waals surface area contributed by atoms with Crippen molar-refractivity contribution in [2.24, 2.45) is 0 Å². The molecule has 0 atom stereocenters. The van der Waals surface area contributed by atoms with Gasteiger partial charge in [0.25, 0.3) is 0 Å². The first kappa shape index (κ1) is 11.8. The molecular weight excluding hydrogens is 233 g/mol. The van der Waals surface area contributed by atoms with E-state index in [1.54, 1.807) is 6.07 Å². The van der Waals surface area contributed by atoms with Gasteiger partial charge in [-0.2, -0.15) is 13.2 Å². The molecule has 0 bridgehead atoms. The number of esters is 1. The van der Waals surface area contributed by atoms with Gasteiger partial charge in [-0.25, -0.2) is 4.79 Å². The molecule has 0 aromatic heterocycles. The highest BCUT2D eigenvalue weighted by molar-refractivity contribution is 6.33. The lowest BCUT2D eigenvalue weighted by atomic mass is 10.2. The van der Waals surface area contributed by atoms with E-state index in [9.17, 15) is 18.0 Å². The van der Waals surface area contributed by atoms with Crippen LogP contribution < -0.4 is 0 Å². The molecule has 0 aliphatic heterocycles. The standard InChI is InChI=1S/C9H6ClF3O2/c10-7-4-2-1-3-6(7)8(14)15-5-9(11,12)13/h1-4H,5H2. The van der Waals surface area contributed by atoms with Crippen LogP contribution in [0.1, 0.15) is 10.4 Å². The summed E-state index contributed by atoms with van der Waals surface area (Å²) in [6.07, 6.45) is -4.53. The molecule has 0 radical (unpaired) electrons. The Balaban J connectivity index is 2.66. The average molecular weight is 239 g/mol. The smallest absolute Gasteiger partial charge is 0.422 e. The SMILES string of the molecule is O=C(OCC(F)(F)F)c1ccccc1Cl. The van der Waals surface area contributed by atoms with Gasteiger partial charge in [0.15, 0.2) is 6.61 Å². The molecule has 6 heteroatoms. The Morgan fingerprint density at radius 1 is 1.33 bits per heavy atom. The average Bonchev–Trinajstić information content (AvgIpc) is 2.14. The van der Waals surface area contributed by atoms with Crippen LogP contribution in [-0.4, -0.2) is 18.8 Å². The molecule has 1 aromatic rings. The lowest BCUT2D eigenvalue weighted by Gasteiger charge is -2.08. The summed E-state index contributed by atoms with van der Waals surface area (Å²) in [7, 11) is 0. The number of alkyl halides is 3. The van der Waals surface area contributed by atoms with Gasteiger partial charge in [0.2, 0.25) is 0 Å². The summed E-state index contributed by atoms with van der Waals surface area (Å²) in [5, 5.41) is 0.0599. The molecule has 0 fully saturated rings. The van der Waals surface area contributed by atoms with E-state index in [-0.39, 0.29) is 10.6 Å². The third-order valence-corrected chi connectivity index (χ3v) is 1.79. The third kappa shape index (κ3) is 3.79. The number of carbonyl (C=O) groups is 1. The Bertz CT molecular complexity index is 363. The van der Waals surface area contributed by atoms with E-state index in [1.165, 1.54) is 18.2 Å². The number of carbonyl (C=O) groups excluding carboxylic acids is 1. The Morgan fingerprint density at radius 3 is 2.47 bits per heavy atom. The Hall–Kier alpha value is -1.23. The van der Waals surface area contributed by atoms with E-state index in [2.05, 4.69) is 4.74 Å². The predicted octanol–water partition coefficient (Wildman–Crippen LogP) is 3.06. The Labute approximate surface area is 88.6 Å². The van der Waals surface area contributed by atoms with E-state index < -0.39 is 18.8 Å². The maximum absolute atomic E-state index is 11.7. The van der Waals surface area contributed by atoms with Gasteiger partial charge in [0, 0.05) is 0 Å². The van der Waals surface area contributed by atoms with Crippen molar-refractivity contribution >= 4 is 17.6 Å². The minimum atomic E-state index is -4.53. The first-order chi connectivity index (χ1) is 6.90. The summed E-state index contributed by atoms with van der Waals surface area (Å²) in [6, 6.07) is 5.73. The van der Waals surface area contributed by atoms with Gasteiger partial charge in [-0.05, 0) is 12.1 Å². The lowest BCUT2D eigenvalue weighted by Crippen LogP contribution is -2.20. The number of rotatable bonds is 2. The lowest BCUT2D eigenvalue weighted by molar-refractivity contribution is -0.161. The van der Waals surface area contributed by atoms with Crippen molar-refractivity contribution in [2.45, 2.75) is 6.18 Å². The summed E-state index contributed by atoms with van der Waals surface area (Å²) in [5.74, 6) is -1.09. The van der Waals surface area contributed by atoms with Gasteiger partial charge in [-0.3, -0.25) is 0 Å². The molecule has 0 saturated heterocycles. The van der Waals surface area contributed by atoms with Crippen molar-refractivity contribution in [3.05, 3.63) is 34.9 Å². The van der Waals surface area contributed by atoms with Crippen molar-refractivity contribution in [3.8, 4) is 0 Å². The van der Waals surface area contributed by atoms with Crippen LogP contribution in [0.5, 0.6) is 0 Å². The molecular formula is C9H6ClF3O2. The van der Waals surface area contributed by atoms with Gasteiger partial charge in [-0.15, -0.1) is 0 Å². The van der Waals surface area contributed by atoms with E-state index in [1.807, 2.05) is 0 Å². The molecule has 0 heterocycles. The zero-order valence-corrected chi connectivity index (χ0v) is 8.10. The van der Waals surface area contributed by atoms with Crippen molar-refractivity contribution < 1.29 is 22.7 Å². The number of halogens is 4. The first-order valence-corrected chi connectivity index (χ1v) is 4.26. The maximum Gasteiger partial charge on any atom is 0.422 e. The molecule has 2 nitrogen and oxygen atoms in total. The van der Waals surface area contributed by atoms with E-state index in [4.69, 9.17) is 11.6 Å². The monoisotopic (exact) mass is 238 g/mol. The minimum absolute atomic E-state index is 0.0599. The quantitative estimate of drug-likeness (QED) is 0.740. The molecule has 0 N–H and O–H groups in total. The fraction of sp³-hybridized carbons (Fsp3) is 0.222. The molecule has 0 aliphatic carbocycles. The topological polar surface area (TPSA) is 26.3 Å². The number of hydrogen-bond acceptors (Lipinski definition) is 2. The summed E-state index contributed by atoms with van der Waals surface area (Å²) < 4.78 is 39.2. The summed E-state index contributed by atoms with van der Waals surface area (Å²) in [4.78, 5) is 11.1. The second-order valence-electron chi connectivity index (χ2n) is 2.67. The van der Waals surface area contributed by atoms with Crippen LogP contribution in [0.3, 0.4) is 0 Å². The van der Waals surface area contributed by atoms with Crippen LogP contribution in [-0.2, 0) is 4.74 Å². The third-order valence-electron chi connectivity index (χ3n) is 1.46. The molecule has 15 heavy (non-hydrogen) atoms. The maximum atomic E-state index is 11.7. The second kappa shape index (κ2) is 4.53. The van der Waals surface area contributed by atoms with Crippen LogP contribution in [0.2, 0.25) is 5.02 Å². The molecule has 1 aromatic carbocycles. The number of benzene rings is 1. The van der Waals surface area contributed by atoms with Gasteiger partial charge in [-0.1, -0.05) is 23.7 Å². The fourth-order valence-electron chi connectivity index (χ4n) is 0.852. The highest BCUT2D eigenvalue weighted by Crippen LogP contribution is 2.19. The van der Waals surface area contributed by atoms with Crippen molar-refractivity contribution in [3.63, 3.8) is 0 Å². The van der Waals surface area contributed by atoms with Crippen LogP contribution >= 0.6 is 11.6 Å². The second-order valence-corrected chi connectivity index (χ2v) is 3.08. The zero-order valence-electron chi connectivity index (χ0n) is 7.34. The van der Waals surface area contributed by atoms with Gasteiger partial charge in [0.05, 0.1) is 10.6 Å².